The molecule has 0 radical (unpaired) electrons. The second kappa shape index (κ2) is 10.7. The maximum absolute atomic E-state index is 11.5. The van der Waals surface area contributed by atoms with Gasteiger partial charge in [-0.25, -0.2) is 8.42 Å². The number of rotatable bonds is 9. The topological polar surface area (TPSA) is 79.8 Å². The molecule has 152 valence electrons. The monoisotopic (exact) mass is 403 g/mol. The molecule has 2 N–H and O–H groups in total. The first-order chi connectivity index (χ1) is 13.4. The van der Waals surface area contributed by atoms with E-state index in [0.717, 1.165) is 42.2 Å². The number of guanidine groups is 1. The van der Waals surface area contributed by atoms with Crippen molar-refractivity contribution in [3.8, 4) is 5.75 Å². The second-order valence-corrected chi connectivity index (χ2v) is 8.43. The first-order valence-corrected chi connectivity index (χ1v) is 11.3. The molecule has 0 amide bonds. The van der Waals surface area contributed by atoms with E-state index >= 15 is 0 Å². The van der Waals surface area contributed by atoms with E-state index < -0.39 is 9.84 Å². The van der Waals surface area contributed by atoms with Crippen LogP contribution in [-0.2, 0) is 22.7 Å². The largest absolute Gasteiger partial charge is 0.496 e. The van der Waals surface area contributed by atoms with Crippen LogP contribution < -0.4 is 15.4 Å². The van der Waals surface area contributed by atoms with Gasteiger partial charge in [0.15, 0.2) is 15.8 Å². The molecular weight excluding hydrogens is 374 g/mol. The minimum atomic E-state index is -3.15. The van der Waals surface area contributed by atoms with Crippen LogP contribution in [0.5, 0.6) is 5.75 Å². The molecule has 28 heavy (non-hydrogen) atoms. The van der Waals surface area contributed by atoms with E-state index in [2.05, 4.69) is 21.7 Å². The van der Waals surface area contributed by atoms with Crippen LogP contribution in [0.25, 0.3) is 0 Å². The molecule has 0 fully saturated rings. The molecule has 0 aliphatic carbocycles. The van der Waals surface area contributed by atoms with Gasteiger partial charge in [-0.2, -0.15) is 0 Å². The van der Waals surface area contributed by atoms with Crippen molar-refractivity contribution in [3.63, 3.8) is 0 Å². The fourth-order valence-corrected chi connectivity index (χ4v) is 3.40. The number of hydrogen-bond donors (Lipinski definition) is 2. The van der Waals surface area contributed by atoms with E-state index in [4.69, 9.17) is 4.74 Å². The lowest BCUT2D eigenvalue weighted by Gasteiger charge is -2.12. The normalized spacial score (nSPS) is 11.9. The van der Waals surface area contributed by atoms with Gasteiger partial charge in [0.25, 0.3) is 0 Å². The Morgan fingerprint density at radius 2 is 1.75 bits per heavy atom. The fourth-order valence-electron chi connectivity index (χ4n) is 2.77. The molecular formula is C21H29N3O3S. The lowest BCUT2D eigenvalue weighted by molar-refractivity contribution is 0.410. The van der Waals surface area contributed by atoms with Gasteiger partial charge in [0.1, 0.15) is 5.75 Å². The van der Waals surface area contributed by atoms with Gasteiger partial charge in [0.2, 0.25) is 0 Å². The first kappa shape index (κ1) is 21.8. The van der Waals surface area contributed by atoms with Crippen molar-refractivity contribution in [2.24, 2.45) is 4.99 Å². The van der Waals surface area contributed by atoms with Crippen molar-refractivity contribution in [2.45, 2.75) is 24.7 Å². The van der Waals surface area contributed by atoms with E-state index in [1.165, 1.54) is 6.26 Å². The third-order valence-corrected chi connectivity index (χ3v) is 5.37. The molecule has 6 nitrogen and oxygen atoms in total. The number of nitrogens with one attached hydrogen (secondary N) is 2. The molecule has 0 aliphatic rings. The number of hydrogen-bond acceptors (Lipinski definition) is 4. The molecule has 0 atom stereocenters. The third-order valence-electron chi connectivity index (χ3n) is 4.25. The maximum atomic E-state index is 11.5. The summed E-state index contributed by atoms with van der Waals surface area (Å²) in [6.07, 6.45) is 2.79. The van der Waals surface area contributed by atoms with Crippen molar-refractivity contribution in [1.29, 1.82) is 0 Å². The zero-order chi connectivity index (χ0) is 20.4. The van der Waals surface area contributed by atoms with Crippen LogP contribution in [-0.4, -0.2) is 47.4 Å². The van der Waals surface area contributed by atoms with E-state index in [1.54, 1.807) is 19.2 Å². The Balaban J connectivity index is 1.87. The Kier molecular flexibility index (Phi) is 8.32. The summed E-state index contributed by atoms with van der Waals surface area (Å²) >= 11 is 0. The van der Waals surface area contributed by atoms with Crippen LogP contribution in [0.1, 0.15) is 18.1 Å². The van der Waals surface area contributed by atoms with Gasteiger partial charge < -0.3 is 15.4 Å². The molecule has 2 aromatic carbocycles. The molecule has 2 rings (SSSR count). The lowest BCUT2D eigenvalue weighted by atomic mass is 10.1. The van der Waals surface area contributed by atoms with E-state index in [9.17, 15) is 8.42 Å². The Bertz CT molecular complexity index is 878. The summed E-state index contributed by atoms with van der Waals surface area (Å²) in [5.74, 6) is 1.65. The van der Waals surface area contributed by atoms with Crippen LogP contribution in [0.4, 0.5) is 0 Å². The quantitative estimate of drug-likeness (QED) is 0.497. The van der Waals surface area contributed by atoms with E-state index in [-0.39, 0.29) is 0 Å². The van der Waals surface area contributed by atoms with Gasteiger partial charge in [-0.05, 0) is 49.1 Å². The van der Waals surface area contributed by atoms with Gasteiger partial charge in [-0.1, -0.05) is 30.3 Å². The highest BCUT2D eigenvalue weighted by Gasteiger charge is 2.06. The average molecular weight is 404 g/mol. The van der Waals surface area contributed by atoms with Gasteiger partial charge in [-0.3, -0.25) is 4.99 Å². The molecule has 0 bridgehead atoms. The zero-order valence-electron chi connectivity index (χ0n) is 16.7. The highest BCUT2D eigenvalue weighted by molar-refractivity contribution is 7.90. The number of nitrogens with zero attached hydrogens (tertiary/aromatic N) is 1. The first-order valence-electron chi connectivity index (χ1n) is 9.37. The molecule has 7 heteroatoms. The number of methoxy groups -OCH3 is 1. The van der Waals surface area contributed by atoms with Crippen molar-refractivity contribution in [1.82, 2.24) is 10.6 Å². The van der Waals surface area contributed by atoms with Crippen molar-refractivity contribution < 1.29 is 13.2 Å². The van der Waals surface area contributed by atoms with Gasteiger partial charge in [0.05, 0.1) is 12.0 Å². The summed E-state index contributed by atoms with van der Waals surface area (Å²) < 4.78 is 28.4. The van der Waals surface area contributed by atoms with Crippen LogP contribution in [0, 0.1) is 0 Å². The maximum Gasteiger partial charge on any atom is 0.191 e. The Morgan fingerprint density at radius 3 is 2.39 bits per heavy atom. The number of sulfone groups is 1. The summed E-state index contributed by atoms with van der Waals surface area (Å²) in [6.45, 7) is 4.17. The molecule has 0 saturated heterocycles. The minimum absolute atomic E-state index is 0.343. The molecule has 0 saturated carbocycles. The van der Waals surface area contributed by atoms with Crippen LogP contribution in [0.15, 0.2) is 58.4 Å². The summed E-state index contributed by atoms with van der Waals surface area (Å²) in [6, 6.07) is 15.0. The SMILES string of the molecule is CCNC(=NCCc1ccccc1OC)NCCc1ccc(S(C)(=O)=O)cc1. The number of benzene rings is 2. The molecule has 0 spiro atoms. The summed E-state index contributed by atoms with van der Waals surface area (Å²) in [5.41, 5.74) is 2.21. The number of para-hydroxylation sites is 1. The van der Waals surface area contributed by atoms with E-state index in [1.807, 2.05) is 37.3 Å². The molecule has 0 unspecified atom stereocenters. The molecule has 0 aliphatic heterocycles. The predicted octanol–water partition coefficient (Wildman–Crippen LogP) is 2.44. The summed E-state index contributed by atoms with van der Waals surface area (Å²) in [5, 5.41) is 6.56. The van der Waals surface area contributed by atoms with Gasteiger partial charge in [-0.15, -0.1) is 0 Å². The van der Waals surface area contributed by atoms with Crippen LogP contribution >= 0.6 is 0 Å². The van der Waals surface area contributed by atoms with Crippen molar-refractivity contribution >= 4 is 15.8 Å². The summed E-state index contributed by atoms with van der Waals surface area (Å²) in [7, 11) is -1.48. The van der Waals surface area contributed by atoms with Crippen LogP contribution in [0.2, 0.25) is 0 Å². The number of aliphatic imine (C=N–C) groups is 1. The Morgan fingerprint density at radius 1 is 1.04 bits per heavy atom. The fraction of sp³-hybridized carbons (Fsp3) is 0.381. The third kappa shape index (κ3) is 6.88. The highest BCUT2D eigenvalue weighted by atomic mass is 32.2. The molecule has 0 aromatic heterocycles. The van der Waals surface area contributed by atoms with Crippen molar-refractivity contribution in [2.75, 3.05) is 33.0 Å². The highest BCUT2D eigenvalue weighted by Crippen LogP contribution is 2.17. The average Bonchev–Trinajstić information content (AvgIpc) is 2.68. The smallest absolute Gasteiger partial charge is 0.191 e. The summed E-state index contributed by atoms with van der Waals surface area (Å²) in [4.78, 5) is 4.96. The second-order valence-electron chi connectivity index (χ2n) is 6.42. The van der Waals surface area contributed by atoms with Gasteiger partial charge in [0, 0.05) is 25.9 Å². The van der Waals surface area contributed by atoms with Gasteiger partial charge >= 0.3 is 0 Å². The van der Waals surface area contributed by atoms with Crippen LogP contribution in [0.3, 0.4) is 0 Å². The minimum Gasteiger partial charge on any atom is -0.496 e. The predicted molar refractivity (Wildman–Crippen MR) is 114 cm³/mol. The Hall–Kier alpha value is -2.54. The molecule has 2 aromatic rings. The molecule has 0 heterocycles. The van der Waals surface area contributed by atoms with Crippen molar-refractivity contribution in [3.05, 3.63) is 59.7 Å². The standard InChI is InChI=1S/C21H29N3O3S/c1-4-22-21(24-16-14-18-7-5-6-8-20(18)27-2)23-15-13-17-9-11-19(12-10-17)28(3,25)26/h5-12H,4,13-16H2,1-3H3,(H2,22,23,24). The Labute approximate surface area is 168 Å². The lowest BCUT2D eigenvalue weighted by Crippen LogP contribution is -2.38. The zero-order valence-corrected chi connectivity index (χ0v) is 17.6. The number of ether oxygens (including phenoxy) is 1. The van der Waals surface area contributed by atoms with E-state index in [0.29, 0.717) is 18.0 Å².